The maximum absolute atomic E-state index is 7.01. The van der Waals surface area contributed by atoms with Crippen molar-refractivity contribution in [2.24, 2.45) is 0 Å². The summed E-state index contributed by atoms with van der Waals surface area (Å²) in [4.78, 5) is 10.4. The molecule has 0 unspecified atom stereocenters. The summed E-state index contributed by atoms with van der Waals surface area (Å²) in [6, 6.07) is 48.7. The Morgan fingerprint density at radius 2 is 1.24 bits per heavy atom. The van der Waals surface area contributed by atoms with Crippen molar-refractivity contribution in [3.05, 3.63) is 140 Å². The zero-order valence-electron chi connectivity index (χ0n) is 23.9. The Morgan fingerprint density at radius 1 is 0.533 bits per heavy atom. The van der Waals surface area contributed by atoms with Gasteiger partial charge in [-0.1, -0.05) is 97.1 Å². The highest BCUT2D eigenvalue weighted by Gasteiger charge is 2.23. The van der Waals surface area contributed by atoms with Crippen molar-refractivity contribution >= 4 is 75.4 Å². The summed E-state index contributed by atoms with van der Waals surface area (Å²) in [6.07, 6.45) is 0. The van der Waals surface area contributed by atoms with Crippen molar-refractivity contribution in [2.75, 3.05) is 0 Å². The summed E-state index contributed by atoms with van der Waals surface area (Å²) in [5, 5.41) is 5.61. The van der Waals surface area contributed by atoms with Crippen LogP contribution in [-0.2, 0) is 0 Å². The molecule has 0 saturated heterocycles. The molecule has 0 atom stereocenters. The highest BCUT2D eigenvalue weighted by atomic mass is 32.1. The largest absolute Gasteiger partial charge is 0.455 e. The number of nitrogens with zero attached hydrogens (tertiary/aromatic N) is 3. The molecule has 210 valence electrons. The number of para-hydroxylation sites is 3. The zero-order chi connectivity index (χ0) is 29.5. The monoisotopic (exact) mass is 593 g/mol. The van der Waals surface area contributed by atoms with Gasteiger partial charge in [0.15, 0.2) is 5.82 Å². The van der Waals surface area contributed by atoms with Gasteiger partial charge >= 0.3 is 0 Å². The molecular formula is C40H23N3OS. The van der Waals surface area contributed by atoms with Crippen LogP contribution in [0.4, 0.5) is 0 Å². The number of aromatic nitrogens is 3. The molecule has 0 radical (unpaired) electrons. The minimum Gasteiger partial charge on any atom is -0.455 e. The lowest BCUT2D eigenvalue weighted by Gasteiger charge is -2.07. The van der Waals surface area contributed by atoms with Crippen molar-refractivity contribution in [1.82, 2.24) is 14.5 Å². The van der Waals surface area contributed by atoms with Crippen LogP contribution >= 0.6 is 11.3 Å². The number of furan rings is 1. The molecule has 6 aromatic carbocycles. The predicted octanol–water partition coefficient (Wildman–Crippen LogP) is 11.2. The van der Waals surface area contributed by atoms with Crippen LogP contribution in [0, 0.1) is 0 Å². The topological polar surface area (TPSA) is 43.9 Å². The predicted molar refractivity (Wildman–Crippen MR) is 187 cm³/mol. The summed E-state index contributed by atoms with van der Waals surface area (Å²) in [5.74, 6) is 0.711. The molecule has 0 aliphatic rings. The summed E-state index contributed by atoms with van der Waals surface area (Å²) in [6.45, 7) is 0. The van der Waals surface area contributed by atoms with Gasteiger partial charge in [0, 0.05) is 43.1 Å². The number of rotatable bonds is 3. The molecule has 0 spiro atoms. The first-order chi connectivity index (χ1) is 22.3. The van der Waals surface area contributed by atoms with Crippen LogP contribution in [0.1, 0.15) is 0 Å². The third-order valence-corrected chi connectivity index (χ3v) is 9.99. The van der Waals surface area contributed by atoms with Gasteiger partial charge in [0.2, 0.25) is 0 Å². The smallest absolute Gasteiger partial charge is 0.160 e. The molecule has 4 heterocycles. The Labute approximate surface area is 261 Å². The summed E-state index contributed by atoms with van der Waals surface area (Å²) in [7, 11) is 0. The molecule has 4 nitrogen and oxygen atoms in total. The number of fused-ring (bicyclic) bond motifs is 10. The first kappa shape index (κ1) is 24.6. The highest BCUT2D eigenvalue weighted by Crippen LogP contribution is 2.45. The lowest BCUT2D eigenvalue weighted by Crippen LogP contribution is -1.93. The Morgan fingerprint density at radius 3 is 2.11 bits per heavy atom. The molecule has 0 aliphatic heterocycles. The highest BCUT2D eigenvalue weighted by molar-refractivity contribution is 7.26. The van der Waals surface area contributed by atoms with Crippen molar-refractivity contribution in [1.29, 1.82) is 0 Å². The molecule has 4 aromatic heterocycles. The standard InChI is InChI=1S/C40H23N3OS/c1-3-12-24(13-4-1)40-41-35-29-17-8-10-21-33(29)45-39(35)36(42-40)30-19-11-18-26-27-22-23-32-34(38(27)44-37(26)30)28-16-7-9-20-31(28)43(32)25-14-5-2-6-15-25/h1-23H. The average molecular weight is 594 g/mol. The van der Waals surface area contributed by atoms with Crippen LogP contribution in [0.5, 0.6) is 0 Å². The molecular weight excluding hydrogens is 571 g/mol. The molecule has 0 N–H and O–H groups in total. The van der Waals surface area contributed by atoms with Crippen LogP contribution < -0.4 is 0 Å². The van der Waals surface area contributed by atoms with Crippen LogP contribution in [-0.4, -0.2) is 14.5 Å². The van der Waals surface area contributed by atoms with Crippen LogP contribution in [0.25, 0.3) is 92.4 Å². The van der Waals surface area contributed by atoms with Gasteiger partial charge in [0.25, 0.3) is 0 Å². The van der Waals surface area contributed by atoms with Gasteiger partial charge < -0.3 is 8.98 Å². The molecule has 45 heavy (non-hydrogen) atoms. The summed E-state index contributed by atoms with van der Waals surface area (Å²) in [5.41, 5.74) is 8.97. The maximum Gasteiger partial charge on any atom is 0.160 e. The van der Waals surface area contributed by atoms with Crippen LogP contribution in [0.2, 0.25) is 0 Å². The molecule has 0 bridgehead atoms. The van der Waals surface area contributed by atoms with Gasteiger partial charge in [-0.15, -0.1) is 11.3 Å². The molecule has 5 heteroatoms. The van der Waals surface area contributed by atoms with Gasteiger partial charge in [0.1, 0.15) is 11.2 Å². The van der Waals surface area contributed by atoms with Crippen molar-refractivity contribution in [2.45, 2.75) is 0 Å². The fourth-order valence-corrected chi connectivity index (χ4v) is 7.99. The lowest BCUT2D eigenvalue weighted by molar-refractivity contribution is 0.674. The Kier molecular flexibility index (Phi) is 5.12. The quantitative estimate of drug-likeness (QED) is 0.205. The molecule has 0 aliphatic carbocycles. The molecule has 0 amide bonds. The molecule has 10 aromatic rings. The summed E-state index contributed by atoms with van der Waals surface area (Å²) >= 11 is 1.74. The molecule has 0 fully saturated rings. The fourth-order valence-electron chi connectivity index (χ4n) is 6.84. The second-order valence-corrected chi connectivity index (χ2v) is 12.4. The van der Waals surface area contributed by atoms with Crippen LogP contribution in [0.3, 0.4) is 0 Å². The van der Waals surface area contributed by atoms with Crippen molar-refractivity contribution < 1.29 is 4.42 Å². The Hall–Kier alpha value is -5.78. The van der Waals surface area contributed by atoms with E-state index in [9.17, 15) is 0 Å². The fraction of sp³-hybridized carbons (Fsp3) is 0. The van der Waals surface area contributed by atoms with E-state index in [0.717, 1.165) is 76.5 Å². The van der Waals surface area contributed by atoms with E-state index in [4.69, 9.17) is 14.4 Å². The van der Waals surface area contributed by atoms with Gasteiger partial charge in [-0.2, -0.15) is 0 Å². The second-order valence-electron chi connectivity index (χ2n) is 11.3. The van der Waals surface area contributed by atoms with E-state index in [1.807, 2.05) is 18.2 Å². The van der Waals surface area contributed by atoms with Crippen LogP contribution in [0.15, 0.2) is 144 Å². The van der Waals surface area contributed by atoms with Crippen molar-refractivity contribution in [3.63, 3.8) is 0 Å². The van der Waals surface area contributed by atoms with E-state index in [2.05, 4.69) is 126 Å². The SMILES string of the molecule is c1ccc(-c2nc(-c3cccc4c3oc3c4ccc4c3c3ccccc3n4-c3ccccc3)c3sc4ccccc4c3n2)cc1. The van der Waals surface area contributed by atoms with E-state index in [1.54, 1.807) is 11.3 Å². The van der Waals surface area contributed by atoms with Gasteiger partial charge in [0.05, 0.1) is 32.3 Å². The van der Waals surface area contributed by atoms with Gasteiger partial charge in [-0.05, 0) is 42.5 Å². The minimum atomic E-state index is 0.711. The van der Waals surface area contributed by atoms with E-state index < -0.39 is 0 Å². The Balaban J connectivity index is 1.32. The molecule has 0 saturated carbocycles. The second kappa shape index (κ2) is 9.36. The van der Waals surface area contributed by atoms with E-state index in [1.165, 1.54) is 10.1 Å². The number of benzene rings is 6. The summed E-state index contributed by atoms with van der Waals surface area (Å²) < 4.78 is 11.6. The molecule has 10 rings (SSSR count). The van der Waals surface area contributed by atoms with E-state index in [-0.39, 0.29) is 0 Å². The van der Waals surface area contributed by atoms with Crippen molar-refractivity contribution in [3.8, 4) is 28.3 Å². The number of hydrogen-bond acceptors (Lipinski definition) is 4. The number of hydrogen-bond donors (Lipinski definition) is 0. The van der Waals surface area contributed by atoms with Gasteiger partial charge in [-0.25, -0.2) is 9.97 Å². The van der Waals surface area contributed by atoms with E-state index in [0.29, 0.717) is 5.82 Å². The zero-order valence-corrected chi connectivity index (χ0v) is 24.8. The number of thiophene rings is 1. The van der Waals surface area contributed by atoms with Gasteiger partial charge in [-0.3, -0.25) is 0 Å². The lowest BCUT2D eigenvalue weighted by atomic mass is 10.0. The normalized spacial score (nSPS) is 12.0. The third-order valence-electron chi connectivity index (χ3n) is 8.82. The Bertz CT molecular complexity index is 2760. The maximum atomic E-state index is 7.01. The van der Waals surface area contributed by atoms with E-state index >= 15 is 0 Å². The average Bonchev–Trinajstić information content (AvgIpc) is 3.78. The first-order valence-corrected chi connectivity index (χ1v) is 15.8. The first-order valence-electron chi connectivity index (χ1n) is 15.0. The minimum absolute atomic E-state index is 0.711. The third kappa shape index (κ3) is 3.53.